The van der Waals surface area contributed by atoms with E-state index in [4.69, 9.17) is 6.42 Å². The minimum atomic E-state index is -0.162. The molecule has 0 radical (unpaired) electrons. The third-order valence-electron chi connectivity index (χ3n) is 2.37. The van der Waals surface area contributed by atoms with Gasteiger partial charge in [-0.15, -0.1) is 6.42 Å². The molecule has 2 rings (SSSR count). The van der Waals surface area contributed by atoms with E-state index in [2.05, 4.69) is 27.2 Å². The number of hydrogen-bond donors (Lipinski definition) is 1. The van der Waals surface area contributed by atoms with Crippen LogP contribution in [0.3, 0.4) is 0 Å². The van der Waals surface area contributed by atoms with Crippen molar-refractivity contribution in [1.82, 2.24) is 0 Å². The van der Waals surface area contributed by atoms with E-state index >= 15 is 0 Å². The molecule has 0 aliphatic heterocycles. The number of rotatable bonds is 2. The number of anilines is 1. The molecule has 2 aromatic rings. The predicted molar refractivity (Wildman–Crippen MR) is 76.5 cm³/mol. The number of terminal acetylenes is 1. The van der Waals surface area contributed by atoms with Crippen LogP contribution in [0.5, 0.6) is 0 Å². The highest BCUT2D eigenvalue weighted by Gasteiger charge is 2.06. The predicted octanol–water partition coefficient (Wildman–Crippen LogP) is 3.68. The Labute approximate surface area is 114 Å². The average molecular weight is 300 g/mol. The van der Waals surface area contributed by atoms with E-state index in [0.717, 1.165) is 10.0 Å². The van der Waals surface area contributed by atoms with E-state index in [1.165, 1.54) is 0 Å². The first-order chi connectivity index (χ1) is 8.69. The summed E-state index contributed by atoms with van der Waals surface area (Å²) in [6, 6.07) is 14.4. The molecule has 0 bridgehead atoms. The van der Waals surface area contributed by atoms with Crippen molar-refractivity contribution in [3.8, 4) is 12.3 Å². The first kappa shape index (κ1) is 12.4. The molecule has 0 aromatic heterocycles. The summed E-state index contributed by atoms with van der Waals surface area (Å²) in [6.07, 6.45) is 5.31. The van der Waals surface area contributed by atoms with Crippen LogP contribution in [0.4, 0.5) is 5.69 Å². The highest BCUT2D eigenvalue weighted by Crippen LogP contribution is 2.15. The van der Waals surface area contributed by atoms with Gasteiger partial charge in [0.1, 0.15) is 0 Å². The van der Waals surface area contributed by atoms with Crippen LogP contribution in [0.15, 0.2) is 53.0 Å². The van der Waals surface area contributed by atoms with Crippen LogP contribution in [0.1, 0.15) is 15.9 Å². The molecule has 0 aliphatic rings. The summed E-state index contributed by atoms with van der Waals surface area (Å²) in [6.45, 7) is 0. The van der Waals surface area contributed by atoms with Gasteiger partial charge in [-0.3, -0.25) is 4.79 Å². The smallest absolute Gasteiger partial charge is 0.255 e. The van der Waals surface area contributed by atoms with Gasteiger partial charge >= 0.3 is 0 Å². The van der Waals surface area contributed by atoms with Gasteiger partial charge in [-0.1, -0.05) is 34.0 Å². The van der Waals surface area contributed by atoms with Crippen LogP contribution < -0.4 is 5.32 Å². The fourth-order valence-electron chi connectivity index (χ4n) is 1.52. The van der Waals surface area contributed by atoms with Crippen molar-refractivity contribution in [3.05, 3.63) is 64.1 Å². The quantitative estimate of drug-likeness (QED) is 0.842. The molecular formula is C15H10BrNO. The van der Waals surface area contributed by atoms with E-state index in [1.807, 2.05) is 24.3 Å². The Balaban J connectivity index is 2.19. The lowest BCUT2D eigenvalue weighted by molar-refractivity contribution is 0.102. The summed E-state index contributed by atoms with van der Waals surface area (Å²) in [5, 5.41) is 2.80. The number of hydrogen-bond acceptors (Lipinski definition) is 1. The number of halogens is 1. The minimum Gasteiger partial charge on any atom is -0.322 e. The summed E-state index contributed by atoms with van der Waals surface area (Å²) in [7, 11) is 0. The molecular weight excluding hydrogens is 290 g/mol. The van der Waals surface area contributed by atoms with Gasteiger partial charge < -0.3 is 5.32 Å². The molecule has 0 saturated heterocycles. The Morgan fingerprint density at radius 3 is 2.67 bits per heavy atom. The molecule has 18 heavy (non-hydrogen) atoms. The van der Waals surface area contributed by atoms with Gasteiger partial charge in [-0.05, 0) is 36.4 Å². The average Bonchev–Trinajstić information content (AvgIpc) is 2.39. The SMILES string of the molecule is C#Cc1cccc(NC(=O)c2cccc(Br)c2)c1. The van der Waals surface area contributed by atoms with Crippen molar-refractivity contribution in [3.63, 3.8) is 0 Å². The monoisotopic (exact) mass is 299 g/mol. The van der Waals surface area contributed by atoms with E-state index in [9.17, 15) is 4.79 Å². The number of benzene rings is 2. The molecule has 88 valence electrons. The summed E-state index contributed by atoms with van der Waals surface area (Å²) in [4.78, 5) is 12.0. The molecule has 1 N–H and O–H groups in total. The summed E-state index contributed by atoms with van der Waals surface area (Å²) in [5.74, 6) is 2.37. The molecule has 3 heteroatoms. The van der Waals surface area contributed by atoms with Crippen molar-refractivity contribution in [2.45, 2.75) is 0 Å². The van der Waals surface area contributed by atoms with Crippen molar-refractivity contribution in [2.24, 2.45) is 0 Å². The molecule has 0 saturated carbocycles. The molecule has 1 amide bonds. The third-order valence-corrected chi connectivity index (χ3v) is 2.87. The van der Waals surface area contributed by atoms with Crippen LogP contribution in [0.25, 0.3) is 0 Å². The second-order valence-corrected chi connectivity index (χ2v) is 4.61. The number of nitrogens with one attached hydrogen (secondary N) is 1. The van der Waals surface area contributed by atoms with Gasteiger partial charge in [-0.2, -0.15) is 0 Å². The summed E-state index contributed by atoms with van der Waals surface area (Å²) >= 11 is 3.33. The fourth-order valence-corrected chi connectivity index (χ4v) is 1.92. The van der Waals surface area contributed by atoms with Crippen LogP contribution in [-0.4, -0.2) is 5.91 Å². The first-order valence-electron chi connectivity index (χ1n) is 5.32. The molecule has 0 aliphatic carbocycles. The molecule has 0 fully saturated rings. The molecule has 0 unspecified atom stereocenters. The van der Waals surface area contributed by atoms with E-state index < -0.39 is 0 Å². The standard InChI is InChI=1S/C15H10BrNO/c1-2-11-5-3-8-14(9-11)17-15(18)12-6-4-7-13(16)10-12/h1,3-10H,(H,17,18). The lowest BCUT2D eigenvalue weighted by Gasteiger charge is -2.06. The Morgan fingerprint density at radius 2 is 1.94 bits per heavy atom. The first-order valence-corrected chi connectivity index (χ1v) is 6.12. The molecule has 2 nitrogen and oxygen atoms in total. The van der Waals surface area contributed by atoms with Gasteiger partial charge in [0.15, 0.2) is 0 Å². The summed E-state index contributed by atoms with van der Waals surface area (Å²) in [5.41, 5.74) is 2.02. The number of amides is 1. The number of carbonyl (C=O) groups is 1. The zero-order valence-corrected chi connectivity index (χ0v) is 11.1. The van der Waals surface area contributed by atoms with Gasteiger partial charge in [0, 0.05) is 21.3 Å². The van der Waals surface area contributed by atoms with Crippen LogP contribution in [-0.2, 0) is 0 Å². The lowest BCUT2D eigenvalue weighted by atomic mass is 10.2. The zero-order chi connectivity index (χ0) is 13.0. The molecule has 0 atom stereocenters. The van der Waals surface area contributed by atoms with E-state index in [-0.39, 0.29) is 5.91 Å². The van der Waals surface area contributed by atoms with Crippen LogP contribution in [0.2, 0.25) is 0 Å². The molecule has 0 heterocycles. The third kappa shape index (κ3) is 2.99. The second-order valence-electron chi connectivity index (χ2n) is 3.69. The zero-order valence-electron chi connectivity index (χ0n) is 9.48. The molecule has 2 aromatic carbocycles. The maximum atomic E-state index is 12.0. The van der Waals surface area contributed by atoms with Crippen molar-refractivity contribution in [1.29, 1.82) is 0 Å². The van der Waals surface area contributed by atoms with Crippen LogP contribution in [0, 0.1) is 12.3 Å². The van der Waals surface area contributed by atoms with Gasteiger partial charge in [0.2, 0.25) is 0 Å². The van der Waals surface area contributed by atoms with Gasteiger partial charge in [0.25, 0.3) is 5.91 Å². The Bertz CT molecular complexity index is 628. The van der Waals surface area contributed by atoms with Crippen molar-refractivity contribution in [2.75, 3.05) is 5.32 Å². The maximum absolute atomic E-state index is 12.0. The van der Waals surface area contributed by atoms with E-state index in [1.54, 1.807) is 24.3 Å². The summed E-state index contributed by atoms with van der Waals surface area (Å²) < 4.78 is 0.868. The van der Waals surface area contributed by atoms with Gasteiger partial charge in [-0.25, -0.2) is 0 Å². The largest absolute Gasteiger partial charge is 0.322 e. The lowest BCUT2D eigenvalue weighted by Crippen LogP contribution is -2.11. The maximum Gasteiger partial charge on any atom is 0.255 e. The highest BCUT2D eigenvalue weighted by molar-refractivity contribution is 9.10. The fraction of sp³-hybridized carbons (Fsp3) is 0. The van der Waals surface area contributed by atoms with Crippen molar-refractivity contribution >= 4 is 27.5 Å². The normalized spacial score (nSPS) is 9.56. The number of carbonyl (C=O) groups excluding carboxylic acids is 1. The topological polar surface area (TPSA) is 29.1 Å². The Hall–Kier alpha value is -2.05. The molecule has 0 spiro atoms. The van der Waals surface area contributed by atoms with Gasteiger partial charge in [0.05, 0.1) is 0 Å². The van der Waals surface area contributed by atoms with Crippen molar-refractivity contribution < 1.29 is 4.79 Å². The van der Waals surface area contributed by atoms with Crippen LogP contribution >= 0.6 is 15.9 Å². The second kappa shape index (κ2) is 5.52. The minimum absolute atomic E-state index is 0.162. The Morgan fingerprint density at radius 1 is 1.17 bits per heavy atom. The van der Waals surface area contributed by atoms with E-state index in [0.29, 0.717) is 11.3 Å². The highest BCUT2D eigenvalue weighted by atomic mass is 79.9. The Kier molecular flexibility index (Phi) is 3.81.